The number of carbonyl (C=O) groups is 2. The summed E-state index contributed by atoms with van der Waals surface area (Å²) in [5.74, 6) is -1.31. The Morgan fingerprint density at radius 2 is 2.00 bits per heavy atom. The Kier molecular flexibility index (Phi) is 7.32. The first-order chi connectivity index (χ1) is 10.4. The predicted molar refractivity (Wildman–Crippen MR) is 87.3 cm³/mol. The first-order valence-corrected chi connectivity index (χ1v) is 7.94. The third kappa shape index (κ3) is 6.43. The van der Waals surface area contributed by atoms with Gasteiger partial charge < -0.3 is 15.7 Å². The average molecular weight is 308 g/mol. The molecule has 0 heterocycles. The molecule has 1 aliphatic rings. The molecule has 0 bridgehead atoms. The molecule has 0 aromatic rings. The lowest BCUT2D eigenvalue weighted by molar-refractivity contribution is -0.135. The molecule has 124 valence electrons. The van der Waals surface area contributed by atoms with Crippen LogP contribution in [0.2, 0.25) is 0 Å². The molecule has 5 nitrogen and oxygen atoms in total. The summed E-state index contributed by atoms with van der Waals surface area (Å²) in [4.78, 5) is 23.1. The van der Waals surface area contributed by atoms with Gasteiger partial charge in [-0.05, 0) is 37.6 Å². The Morgan fingerprint density at radius 1 is 1.32 bits per heavy atom. The molecule has 0 aromatic carbocycles. The molecule has 1 rings (SSSR count). The van der Waals surface area contributed by atoms with Crippen molar-refractivity contribution in [1.82, 2.24) is 10.6 Å². The molecule has 0 spiro atoms. The van der Waals surface area contributed by atoms with Crippen molar-refractivity contribution in [2.45, 2.75) is 46.0 Å². The van der Waals surface area contributed by atoms with Crippen LogP contribution in [0.25, 0.3) is 0 Å². The van der Waals surface area contributed by atoms with Crippen LogP contribution in [0.3, 0.4) is 0 Å². The van der Waals surface area contributed by atoms with Crippen molar-refractivity contribution in [1.29, 1.82) is 0 Å². The van der Waals surface area contributed by atoms with Crippen molar-refractivity contribution in [2.24, 2.45) is 11.3 Å². The lowest BCUT2D eigenvalue weighted by Crippen LogP contribution is -2.29. The van der Waals surface area contributed by atoms with Crippen LogP contribution < -0.4 is 10.6 Å². The van der Waals surface area contributed by atoms with Crippen LogP contribution in [0, 0.1) is 11.3 Å². The number of allylic oxidation sites excluding steroid dienone is 1. The Balaban J connectivity index is 2.26. The molecule has 0 aromatic heterocycles. The standard InChI is InChI=1S/C17H28N2O3/c1-4-10-18-11-8-6-5-7-9-14(16(21)22)19-15(20)13-12-17(13,2)3/h4,9,13,18H,1,5-8,10-12H2,2-3H3,(H,19,20)(H,21,22)/b14-9-. The maximum Gasteiger partial charge on any atom is 0.352 e. The molecule has 0 aliphatic heterocycles. The second-order valence-corrected chi connectivity index (χ2v) is 6.50. The maximum atomic E-state index is 11.9. The number of carboxylic acids is 1. The van der Waals surface area contributed by atoms with E-state index >= 15 is 0 Å². The molecule has 1 atom stereocenters. The van der Waals surface area contributed by atoms with Gasteiger partial charge in [0.2, 0.25) is 5.91 Å². The fourth-order valence-electron chi connectivity index (χ4n) is 2.35. The van der Waals surface area contributed by atoms with Gasteiger partial charge in [0, 0.05) is 12.5 Å². The minimum Gasteiger partial charge on any atom is -0.477 e. The predicted octanol–water partition coefficient (Wildman–Crippen LogP) is 2.45. The summed E-state index contributed by atoms with van der Waals surface area (Å²) < 4.78 is 0. The summed E-state index contributed by atoms with van der Waals surface area (Å²) in [6.07, 6.45) is 7.92. The van der Waals surface area contributed by atoms with E-state index in [9.17, 15) is 9.59 Å². The number of amides is 1. The number of carbonyl (C=O) groups excluding carboxylic acids is 1. The molecular formula is C17H28N2O3. The molecule has 22 heavy (non-hydrogen) atoms. The van der Waals surface area contributed by atoms with E-state index in [-0.39, 0.29) is 22.9 Å². The van der Waals surface area contributed by atoms with E-state index in [2.05, 4.69) is 17.2 Å². The summed E-state index contributed by atoms with van der Waals surface area (Å²) in [6.45, 7) is 9.42. The van der Waals surface area contributed by atoms with Crippen LogP contribution in [-0.2, 0) is 9.59 Å². The van der Waals surface area contributed by atoms with Gasteiger partial charge in [-0.15, -0.1) is 6.58 Å². The lowest BCUT2D eigenvalue weighted by atomic mass is 10.1. The number of aliphatic carboxylic acids is 1. The van der Waals surface area contributed by atoms with Crippen LogP contribution in [0.1, 0.15) is 46.0 Å². The topological polar surface area (TPSA) is 78.4 Å². The highest BCUT2D eigenvalue weighted by Crippen LogP contribution is 2.51. The van der Waals surface area contributed by atoms with E-state index in [1.807, 2.05) is 19.9 Å². The second-order valence-electron chi connectivity index (χ2n) is 6.50. The van der Waals surface area contributed by atoms with Gasteiger partial charge in [-0.1, -0.05) is 32.4 Å². The third-order valence-electron chi connectivity index (χ3n) is 4.01. The fourth-order valence-corrected chi connectivity index (χ4v) is 2.35. The quantitative estimate of drug-likeness (QED) is 0.311. The van der Waals surface area contributed by atoms with E-state index < -0.39 is 5.97 Å². The highest BCUT2D eigenvalue weighted by molar-refractivity contribution is 5.94. The van der Waals surface area contributed by atoms with Gasteiger partial charge in [0.25, 0.3) is 0 Å². The molecule has 1 unspecified atom stereocenters. The normalized spacial score (nSPS) is 19.5. The monoisotopic (exact) mass is 308 g/mol. The summed E-state index contributed by atoms with van der Waals surface area (Å²) in [6, 6.07) is 0. The van der Waals surface area contributed by atoms with Crippen LogP contribution in [0.5, 0.6) is 0 Å². The first-order valence-electron chi connectivity index (χ1n) is 7.94. The molecule has 1 amide bonds. The SMILES string of the molecule is C=CCNCCCCC/C=C(\NC(=O)C1CC1(C)C)C(=O)O. The van der Waals surface area contributed by atoms with Gasteiger partial charge in [0.1, 0.15) is 5.70 Å². The summed E-state index contributed by atoms with van der Waals surface area (Å²) in [5.41, 5.74) is 0.0176. The zero-order chi connectivity index (χ0) is 16.6. The van der Waals surface area contributed by atoms with Gasteiger partial charge in [0.05, 0.1) is 0 Å². The first kappa shape index (κ1) is 18.4. The van der Waals surface area contributed by atoms with Gasteiger partial charge >= 0.3 is 5.97 Å². The number of carboxylic acid groups (broad SMARTS) is 1. The number of hydrogen-bond acceptors (Lipinski definition) is 3. The molecule has 3 N–H and O–H groups in total. The Hall–Kier alpha value is -1.62. The van der Waals surface area contributed by atoms with Crippen molar-refractivity contribution in [2.75, 3.05) is 13.1 Å². The Labute approximate surface area is 132 Å². The zero-order valence-electron chi connectivity index (χ0n) is 13.7. The maximum absolute atomic E-state index is 11.9. The van der Waals surface area contributed by atoms with Crippen molar-refractivity contribution in [3.8, 4) is 0 Å². The molecular weight excluding hydrogens is 280 g/mol. The largest absolute Gasteiger partial charge is 0.477 e. The third-order valence-corrected chi connectivity index (χ3v) is 4.01. The van der Waals surface area contributed by atoms with Gasteiger partial charge in [-0.3, -0.25) is 4.79 Å². The molecule has 1 fully saturated rings. The van der Waals surface area contributed by atoms with Crippen LogP contribution in [0.15, 0.2) is 24.4 Å². The number of nitrogens with one attached hydrogen (secondary N) is 2. The summed E-state index contributed by atoms with van der Waals surface area (Å²) in [7, 11) is 0. The molecule has 5 heteroatoms. The van der Waals surface area contributed by atoms with Gasteiger partial charge in [-0.2, -0.15) is 0 Å². The van der Waals surface area contributed by atoms with Crippen molar-refractivity contribution < 1.29 is 14.7 Å². The molecule has 1 saturated carbocycles. The minimum atomic E-state index is -1.07. The second kappa shape index (κ2) is 8.73. The lowest BCUT2D eigenvalue weighted by Gasteiger charge is -2.07. The number of hydrogen-bond donors (Lipinski definition) is 3. The van der Waals surface area contributed by atoms with E-state index in [0.717, 1.165) is 38.8 Å². The number of unbranched alkanes of at least 4 members (excludes halogenated alkanes) is 3. The fraction of sp³-hybridized carbons (Fsp3) is 0.647. The Bertz CT molecular complexity index is 441. The Morgan fingerprint density at radius 3 is 2.55 bits per heavy atom. The van der Waals surface area contributed by atoms with Crippen LogP contribution in [0.4, 0.5) is 0 Å². The highest BCUT2D eigenvalue weighted by Gasteiger charge is 2.50. The van der Waals surface area contributed by atoms with Crippen molar-refractivity contribution in [3.63, 3.8) is 0 Å². The van der Waals surface area contributed by atoms with Gasteiger partial charge in [0.15, 0.2) is 0 Å². The van der Waals surface area contributed by atoms with E-state index in [0.29, 0.717) is 6.42 Å². The smallest absolute Gasteiger partial charge is 0.352 e. The van der Waals surface area contributed by atoms with Crippen LogP contribution >= 0.6 is 0 Å². The highest BCUT2D eigenvalue weighted by atomic mass is 16.4. The molecule has 0 saturated heterocycles. The van der Waals surface area contributed by atoms with E-state index in [1.165, 1.54) is 0 Å². The van der Waals surface area contributed by atoms with E-state index in [1.54, 1.807) is 6.08 Å². The summed E-state index contributed by atoms with van der Waals surface area (Å²) >= 11 is 0. The number of rotatable bonds is 11. The average Bonchev–Trinajstić information content (AvgIpc) is 3.09. The van der Waals surface area contributed by atoms with Gasteiger partial charge in [-0.25, -0.2) is 4.79 Å². The minimum absolute atomic E-state index is 0.00609. The van der Waals surface area contributed by atoms with E-state index in [4.69, 9.17) is 5.11 Å². The van der Waals surface area contributed by atoms with Crippen molar-refractivity contribution in [3.05, 3.63) is 24.4 Å². The summed E-state index contributed by atoms with van der Waals surface area (Å²) in [5, 5.41) is 14.9. The van der Waals surface area contributed by atoms with Crippen LogP contribution in [-0.4, -0.2) is 30.1 Å². The molecule has 0 radical (unpaired) electrons. The zero-order valence-corrected chi connectivity index (χ0v) is 13.7. The van der Waals surface area contributed by atoms with Crippen molar-refractivity contribution >= 4 is 11.9 Å². The molecule has 1 aliphatic carbocycles.